The molecule has 0 unspecified atom stereocenters. The number of aliphatic carboxylic acids is 1. The summed E-state index contributed by atoms with van der Waals surface area (Å²) in [4.78, 5) is 36.1. The second-order valence-corrected chi connectivity index (χ2v) is 9.23. The summed E-state index contributed by atoms with van der Waals surface area (Å²) in [7, 11) is 0. The van der Waals surface area contributed by atoms with Crippen molar-refractivity contribution in [3.8, 4) is 11.1 Å². The third kappa shape index (κ3) is 5.41. The Hall–Kier alpha value is -3.35. The first kappa shape index (κ1) is 23.8. The molecule has 2 aliphatic rings. The molecule has 0 aromatic heterocycles. The molecule has 2 amide bonds. The maximum Gasteiger partial charge on any atom is 0.407 e. The van der Waals surface area contributed by atoms with Gasteiger partial charge in [-0.25, -0.2) is 4.79 Å². The van der Waals surface area contributed by atoms with Gasteiger partial charge in [-0.1, -0.05) is 55.5 Å². The van der Waals surface area contributed by atoms with Crippen LogP contribution in [0.5, 0.6) is 0 Å². The molecule has 0 heterocycles. The number of amides is 2. The molecule has 2 aromatic rings. The topological polar surface area (TPSA) is 105 Å². The first-order chi connectivity index (χ1) is 16.5. The van der Waals surface area contributed by atoms with E-state index < -0.39 is 12.1 Å². The number of rotatable bonds is 8. The fourth-order valence-electron chi connectivity index (χ4n) is 5.10. The molecule has 1 fully saturated rings. The highest BCUT2D eigenvalue weighted by molar-refractivity contribution is 5.80. The number of hydrogen-bond acceptors (Lipinski definition) is 4. The molecule has 0 spiro atoms. The van der Waals surface area contributed by atoms with Crippen molar-refractivity contribution in [2.75, 3.05) is 6.61 Å². The Bertz CT molecular complexity index is 999. The Kier molecular flexibility index (Phi) is 7.50. The minimum Gasteiger partial charge on any atom is -0.481 e. The van der Waals surface area contributed by atoms with Gasteiger partial charge in [0.15, 0.2) is 0 Å². The monoisotopic (exact) mass is 464 g/mol. The van der Waals surface area contributed by atoms with E-state index >= 15 is 0 Å². The molecular formula is C27H32N2O5. The molecule has 7 nitrogen and oxygen atoms in total. The molecule has 1 saturated carbocycles. The van der Waals surface area contributed by atoms with Crippen LogP contribution in [0.4, 0.5) is 4.79 Å². The highest BCUT2D eigenvalue weighted by Crippen LogP contribution is 2.44. The number of ether oxygens (including phenoxy) is 1. The Balaban J connectivity index is 1.26. The van der Waals surface area contributed by atoms with E-state index in [4.69, 9.17) is 9.84 Å². The van der Waals surface area contributed by atoms with Crippen molar-refractivity contribution >= 4 is 18.0 Å². The lowest BCUT2D eigenvalue weighted by Crippen LogP contribution is -2.43. The van der Waals surface area contributed by atoms with Gasteiger partial charge in [0, 0.05) is 24.4 Å². The summed E-state index contributed by atoms with van der Waals surface area (Å²) in [6, 6.07) is 16.0. The van der Waals surface area contributed by atoms with Gasteiger partial charge in [0.05, 0.1) is 5.92 Å². The Morgan fingerprint density at radius 2 is 1.56 bits per heavy atom. The van der Waals surface area contributed by atoms with Crippen molar-refractivity contribution in [3.63, 3.8) is 0 Å². The van der Waals surface area contributed by atoms with E-state index in [0.717, 1.165) is 11.1 Å². The highest BCUT2D eigenvalue weighted by Gasteiger charge is 2.30. The second-order valence-electron chi connectivity index (χ2n) is 9.23. The minimum absolute atomic E-state index is 0.00457. The van der Waals surface area contributed by atoms with Crippen LogP contribution in [0.15, 0.2) is 48.5 Å². The summed E-state index contributed by atoms with van der Waals surface area (Å²) in [6.45, 7) is 2.15. The normalized spacial score (nSPS) is 20.0. The lowest BCUT2D eigenvalue weighted by Gasteiger charge is -2.27. The first-order valence-electron chi connectivity index (χ1n) is 12.1. The first-order valence-corrected chi connectivity index (χ1v) is 12.1. The molecule has 2 aliphatic carbocycles. The van der Waals surface area contributed by atoms with Gasteiger partial charge in [0.25, 0.3) is 0 Å². The zero-order valence-corrected chi connectivity index (χ0v) is 19.5. The molecule has 3 N–H and O–H groups in total. The van der Waals surface area contributed by atoms with Crippen LogP contribution in [0.2, 0.25) is 0 Å². The Morgan fingerprint density at radius 3 is 2.12 bits per heavy atom. The summed E-state index contributed by atoms with van der Waals surface area (Å²) in [5, 5.41) is 14.9. The quantitative estimate of drug-likeness (QED) is 0.535. The zero-order valence-electron chi connectivity index (χ0n) is 19.5. The molecular weight excluding hydrogens is 432 g/mol. The summed E-state index contributed by atoms with van der Waals surface area (Å²) < 4.78 is 5.60. The van der Waals surface area contributed by atoms with Crippen molar-refractivity contribution in [2.45, 2.75) is 63.5 Å². The number of nitrogens with one attached hydrogen (secondary N) is 2. The van der Waals surface area contributed by atoms with Crippen LogP contribution in [-0.4, -0.2) is 41.8 Å². The van der Waals surface area contributed by atoms with E-state index in [9.17, 15) is 14.4 Å². The van der Waals surface area contributed by atoms with Crippen LogP contribution in [0.1, 0.15) is 62.5 Å². The standard InChI is InChI=1S/C27H32N2O5/c1-2-18(15-25(30)28-19-13-11-17(12-14-19)26(31)32)29-27(33)34-16-24-22-9-5-3-7-20(22)21-8-4-6-10-23(21)24/h3-10,17-19,24H,2,11-16H2,1H3,(H,28,30)(H,29,33)(H,31,32)/t17?,18-,19?/m1/s1. The number of carboxylic acid groups (broad SMARTS) is 1. The maximum atomic E-state index is 12.5. The smallest absolute Gasteiger partial charge is 0.407 e. The van der Waals surface area contributed by atoms with Crippen LogP contribution in [0.3, 0.4) is 0 Å². The average Bonchev–Trinajstić information content (AvgIpc) is 3.16. The number of carbonyl (C=O) groups excluding carboxylic acids is 2. The van der Waals surface area contributed by atoms with E-state index in [1.165, 1.54) is 11.1 Å². The van der Waals surface area contributed by atoms with Crippen LogP contribution in [0.25, 0.3) is 11.1 Å². The van der Waals surface area contributed by atoms with Crippen LogP contribution in [0, 0.1) is 5.92 Å². The predicted octanol–water partition coefficient (Wildman–Crippen LogP) is 4.45. The van der Waals surface area contributed by atoms with Gasteiger partial charge in [-0.3, -0.25) is 9.59 Å². The van der Waals surface area contributed by atoms with Crippen LogP contribution >= 0.6 is 0 Å². The van der Waals surface area contributed by atoms with E-state index in [-0.39, 0.29) is 42.9 Å². The second kappa shape index (κ2) is 10.7. The highest BCUT2D eigenvalue weighted by atomic mass is 16.5. The van der Waals surface area contributed by atoms with E-state index in [0.29, 0.717) is 32.1 Å². The number of carboxylic acids is 1. The largest absolute Gasteiger partial charge is 0.481 e. The summed E-state index contributed by atoms with van der Waals surface area (Å²) >= 11 is 0. The van der Waals surface area contributed by atoms with Crippen molar-refractivity contribution < 1.29 is 24.2 Å². The van der Waals surface area contributed by atoms with Gasteiger partial charge < -0.3 is 20.5 Å². The SMILES string of the molecule is CC[C@H](CC(=O)NC1CCC(C(=O)O)CC1)NC(=O)OCC1c2ccccc2-c2ccccc21. The lowest BCUT2D eigenvalue weighted by molar-refractivity contribution is -0.142. The van der Waals surface area contributed by atoms with Gasteiger partial charge >= 0.3 is 12.1 Å². The number of benzene rings is 2. The molecule has 4 rings (SSSR count). The number of fused-ring (bicyclic) bond motifs is 3. The van der Waals surface area contributed by atoms with Gasteiger partial charge in [-0.05, 0) is 54.4 Å². The summed E-state index contributed by atoms with van der Waals surface area (Å²) in [6.07, 6.45) is 2.73. The maximum absolute atomic E-state index is 12.5. The number of alkyl carbamates (subject to hydrolysis) is 1. The minimum atomic E-state index is -0.761. The van der Waals surface area contributed by atoms with Crippen molar-refractivity contribution in [1.82, 2.24) is 10.6 Å². The number of hydrogen-bond donors (Lipinski definition) is 3. The summed E-state index contributed by atoms with van der Waals surface area (Å²) in [5.41, 5.74) is 4.65. The van der Waals surface area contributed by atoms with Crippen molar-refractivity contribution in [2.24, 2.45) is 5.92 Å². The molecule has 7 heteroatoms. The van der Waals surface area contributed by atoms with Crippen molar-refractivity contribution in [3.05, 3.63) is 59.7 Å². The average molecular weight is 465 g/mol. The van der Waals surface area contributed by atoms with E-state index in [1.54, 1.807) is 0 Å². The van der Waals surface area contributed by atoms with E-state index in [1.807, 2.05) is 31.2 Å². The predicted molar refractivity (Wildman–Crippen MR) is 128 cm³/mol. The number of carbonyl (C=O) groups is 3. The van der Waals surface area contributed by atoms with Gasteiger partial charge in [-0.2, -0.15) is 0 Å². The molecule has 0 saturated heterocycles. The molecule has 0 aliphatic heterocycles. The van der Waals surface area contributed by atoms with Gasteiger partial charge in [0.1, 0.15) is 6.61 Å². The molecule has 34 heavy (non-hydrogen) atoms. The third-order valence-corrected chi connectivity index (χ3v) is 7.03. The van der Waals surface area contributed by atoms with Gasteiger partial charge in [0.2, 0.25) is 5.91 Å². The van der Waals surface area contributed by atoms with Crippen LogP contribution < -0.4 is 10.6 Å². The fourth-order valence-corrected chi connectivity index (χ4v) is 5.10. The van der Waals surface area contributed by atoms with Crippen LogP contribution in [-0.2, 0) is 14.3 Å². The zero-order chi connectivity index (χ0) is 24.1. The molecule has 0 bridgehead atoms. The fraction of sp³-hybridized carbons (Fsp3) is 0.444. The summed E-state index contributed by atoms with van der Waals surface area (Å²) in [5.74, 6) is -1.22. The molecule has 180 valence electrons. The molecule has 2 aromatic carbocycles. The lowest BCUT2D eigenvalue weighted by atomic mass is 9.86. The molecule has 0 radical (unpaired) electrons. The third-order valence-electron chi connectivity index (χ3n) is 7.03. The van der Waals surface area contributed by atoms with Crippen molar-refractivity contribution in [1.29, 1.82) is 0 Å². The Morgan fingerprint density at radius 1 is 0.971 bits per heavy atom. The molecule has 1 atom stereocenters. The van der Waals surface area contributed by atoms with Gasteiger partial charge in [-0.15, -0.1) is 0 Å². The van der Waals surface area contributed by atoms with E-state index in [2.05, 4.69) is 34.9 Å². The Labute approximate surface area is 199 Å².